The molecular formula is C27H22ClFN2O4S. The first kappa shape index (κ1) is 25.5. The van der Waals surface area contributed by atoms with E-state index in [1.807, 2.05) is 32.0 Å². The van der Waals surface area contributed by atoms with Crippen molar-refractivity contribution in [2.24, 2.45) is 0 Å². The number of aryl methyl sites for hydroxylation is 2. The zero-order chi connectivity index (χ0) is 25.8. The summed E-state index contributed by atoms with van der Waals surface area (Å²) in [6.45, 7) is 3.38. The van der Waals surface area contributed by atoms with E-state index in [-0.39, 0.29) is 28.6 Å². The van der Waals surface area contributed by atoms with Crippen molar-refractivity contribution in [1.29, 1.82) is 0 Å². The maximum Gasteiger partial charge on any atom is 0.294 e. The number of nitrogens with zero attached hydrogens (tertiary/aromatic N) is 1. The highest BCUT2D eigenvalue weighted by molar-refractivity contribution is 8.18. The number of anilines is 1. The van der Waals surface area contributed by atoms with Gasteiger partial charge >= 0.3 is 0 Å². The van der Waals surface area contributed by atoms with Crippen LogP contribution in [0.2, 0.25) is 5.02 Å². The molecule has 3 amide bonds. The Labute approximate surface area is 217 Å². The summed E-state index contributed by atoms with van der Waals surface area (Å²) in [6.07, 6.45) is 1.55. The van der Waals surface area contributed by atoms with Gasteiger partial charge in [0.1, 0.15) is 24.7 Å². The van der Waals surface area contributed by atoms with E-state index in [0.717, 1.165) is 27.8 Å². The van der Waals surface area contributed by atoms with E-state index in [4.69, 9.17) is 16.3 Å². The fourth-order valence-electron chi connectivity index (χ4n) is 3.70. The van der Waals surface area contributed by atoms with Crippen LogP contribution in [-0.2, 0) is 16.2 Å². The number of ether oxygens (including phenoxy) is 1. The lowest BCUT2D eigenvalue weighted by atomic mass is 10.1. The molecule has 0 aromatic heterocycles. The fraction of sp³-hybridized carbons (Fsp3) is 0.148. The Hall–Kier alpha value is -3.62. The standard InChI is InChI=1S/C27H22ClFN2O4S/c1-16-9-17(2)11-19(10-16)30-25(32)14-31-26(33)24(36-27(31)34)13-18-5-3-6-20(12-18)35-15-21-22(28)7-4-8-23(21)29/h3-13H,14-15H2,1-2H3,(H,30,32)/b24-13+. The fourth-order valence-corrected chi connectivity index (χ4v) is 4.75. The number of hydrogen-bond acceptors (Lipinski definition) is 5. The number of carbonyl (C=O) groups excluding carboxylic acids is 3. The second-order valence-corrected chi connectivity index (χ2v) is 9.65. The summed E-state index contributed by atoms with van der Waals surface area (Å²) in [7, 11) is 0. The lowest BCUT2D eigenvalue weighted by Gasteiger charge is -2.13. The van der Waals surface area contributed by atoms with E-state index in [1.54, 1.807) is 36.4 Å². The maximum atomic E-state index is 14.0. The van der Waals surface area contributed by atoms with Crippen LogP contribution < -0.4 is 10.1 Å². The minimum atomic E-state index is -0.551. The van der Waals surface area contributed by atoms with Crippen molar-refractivity contribution in [3.05, 3.63) is 98.7 Å². The Morgan fingerprint density at radius 3 is 2.53 bits per heavy atom. The average molecular weight is 525 g/mol. The van der Waals surface area contributed by atoms with Gasteiger partial charge in [0.2, 0.25) is 5.91 Å². The first-order valence-corrected chi connectivity index (χ1v) is 12.2. The summed E-state index contributed by atoms with van der Waals surface area (Å²) in [4.78, 5) is 38.9. The van der Waals surface area contributed by atoms with Gasteiger partial charge in [0, 0.05) is 11.3 Å². The molecule has 0 aliphatic carbocycles. The first-order valence-electron chi connectivity index (χ1n) is 11.0. The summed E-state index contributed by atoms with van der Waals surface area (Å²) in [6, 6.07) is 16.8. The molecule has 1 aliphatic heterocycles. The summed E-state index contributed by atoms with van der Waals surface area (Å²) in [5.41, 5.74) is 3.43. The molecule has 6 nitrogen and oxygen atoms in total. The van der Waals surface area contributed by atoms with Crippen molar-refractivity contribution in [3.63, 3.8) is 0 Å². The summed E-state index contributed by atoms with van der Waals surface area (Å²) in [5.74, 6) is -1.04. The molecular weight excluding hydrogens is 503 g/mol. The Morgan fingerprint density at radius 2 is 1.81 bits per heavy atom. The average Bonchev–Trinajstić information content (AvgIpc) is 3.05. The van der Waals surface area contributed by atoms with Crippen molar-refractivity contribution >= 4 is 52.2 Å². The van der Waals surface area contributed by atoms with E-state index in [9.17, 15) is 18.8 Å². The monoisotopic (exact) mass is 524 g/mol. The highest BCUT2D eigenvalue weighted by Crippen LogP contribution is 2.33. The molecule has 36 heavy (non-hydrogen) atoms. The predicted molar refractivity (Wildman–Crippen MR) is 139 cm³/mol. The Morgan fingerprint density at radius 1 is 1.08 bits per heavy atom. The molecule has 3 aromatic rings. The molecule has 0 bridgehead atoms. The van der Waals surface area contributed by atoms with Crippen LogP contribution in [-0.4, -0.2) is 28.5 Å². The summed E-state index contributed by atoms with van der Waals surface area (Å²) < 4.78 is 19.7. The van der Waals surface area contributed by atoms with Crippen LogP contribution in [0.5, 0.6) is 5.75 Å². The number of halogens is 2. The highest BCUT2D eigenvalue weighted by Gasteiger charge is 2.36. The minimum Gasteiger partial charge on any atom is -0.489 e. The van der Waals surface area contributed by atoms with Crippen molar-refractivity contribution in [2.75, 3.05) is 11.9 Å². The van der Waals surface area contributed by atoms with Gasteiger partial charge in [-0.1, -0.05) is 35.9 Å². The Kier molecular flexibility index (Phi) is 7.76. The molecule has 0 radical (unpaired) electrons. The van der Waals surface area contributed by atoms with E-state index in [1.165, 1.54) is 12.1 Å². The van der Waals surface area contributed by atoms with E-state index < -0.39 is 22.9 Å². The van der Waals surface area contributed by atoms with E-state index in [0.29, 0.717) is 17.0 Å². The van der Waals surface area contributed by atoms with Gasteiger partial charge in [-0.25, -0.2) is 4.39 Å². The zero-order valence-electron chi connectivity index (χ0n) is 19.5. The molecule has 4 rings (SSSR count). The third-order valence-corrected chi connectivity index (χ3v) is 6.54. The molecule has 1 N–H and O–H groups in total. The van der Waals surface area contributed by atoms with Gasteiger partial charge in [-0.2, -0.15) is 0 Å². The maximum absolute atomic E-state index is 14.0. The Bertz CT molecular complexity index is 1350. The normalized spacial score (nSPS) is 14.4. The SMILES string of the molecule is Cc1cc(C)cc(NC(=O)CN2C(=O)S/C(=C/c3cccc(OCc4c(F)cccc4Cl)c3)C2=O)c1. The van der Waals surface area contributed by atoms with Crippen LogP contribution in [0.4, 0.5) is 14.9 Å². The lowest BCUT2D eigenvalue weighted by Crippen LogP contribution is -2.36. The predicted octanol–water partition coefficient (Wildman–Crippen LogP) is 6.35. The smallest absolute Gasteiger partial charge is 0.294 e. The lowest BCUT2D eigenvalue weighted by molar-refractivity contribution is -0.127. The summed E-state index contributed by atoms with van der Waals surface area (Å²) >= 11 is 6.80. The Balaban J connectivity index is 1.42. The van der Waals surface area contributed by atoms with Crippen molar-refractivity contribution < 1.29 is 23.5 Å². The number of nitrogens with one attached hydrogen (secondary N) is 1. The number of imide groups is 1. The molecule has 1 heterocycles. The molecule has 1 aliphatic rings. The van der Waals surface area contributed by atoms with E-state index >= 15 is 0 Å². The van der Waals surface area contributed by atoms with Gasteiger partial charge in [0.15, 0.2) is 0 Å². The molecule has 184 valence electrons. The molecule has 0 atom stereocenters. The van der Waals surface area contributed by atoms with Crippen LogP contribution >= 0.6 is 23.4 Å². The molecule has 1 saturated heterocycles. The van der Waals surface area contributed by atoms with Crippen molar-refractivity contribution in [2.45, 2.75) is 20.5 Å². The quantitative estimate of drug-likeness (QED) is 0.364. The molecule has 9 heteroatoms. The number of carbonyl (C=O) groups is 3. The molecule has 0 spiro atoms. The van der Waals surface area contributed by atoms with Gasteiger partial charge in [-0.3, -0.25) is 19.3 Å². The molecule has 3 aromatic carbocycles. The van der Waals surface area contributed by atoms with Crippen LogP contribution in [0.25, 0.3) is 6.08 Å². The van der Waals surface area contributed by atoms with Crippen molar-refractivity contribution in [3.8, 4) is 5.75 Å². The molecule has 1 fully saturated rings. The topological polar surface area (TPSA) is 75.7 Å². The number of amides is 3. The third kappa shape index (κ3) is 6.13. The van der Waals surface area contributed by atoms with E-state index in [2.05, 4.69) is 5.32 Å². The van der Waals surface area contributed by atoms with Crippen LogP contribution in [0.15, 0.2) is 65.6 Å². The number of benzene rings is 3. The summed E-state index contributed by atoms with van der Waals surface area (Å²) in [5, 5.41) is 2.47. The van der Waals surface area contributed by atoms with Gasteiger partial charge in [0.05, 0.1) is 9.93 Å². The third-order valence-electron chi connectivity index (χ3n) is 5.28. The first-order chi connectivity index (χ1) is 17.2. The van der Waals surface area contributed by atoms with Crippen molar-refractivity contribution in [1.82, 2.24) is 4.90 Å². The number of thioether (sulfide) groups is 1. The minimum absolute atomic E-state index is 0.0684. The van der Waals surface area contributed by atoms with Gasteiger partial charge in [0.25, 0.3) is 11.1 Å². The van der Waals surface area contributed by atoms with Gasteiger partial charge < -0.3 is 10.1 Å². The number of rotatable bonds is 7. The van der Waals surface area contributed by atoms with Gasteiger partial charge in [-0.05, 0) is 84.8 Å². The zero-order valence-corrected chi connectivity index (χ0v) is 21.1. The largest absolute Gasteiger partial charge is 0.489 e. The van der Waals surface area contributed by atoms with Gasteiger partial charge in [-0.15, -0.1) is 0 Å². The molecule has 0 unspecified atom stereocenters. The molecule has 0 saturated carbocycles. The second-order valence-electron chi connectivity index (χ2n) is 8.25. The second kappa shape index (κ2) is 11.0. The number of hydrogen-bond donors (Lipinski definition) is 1. The van der Waals surface area contributed by atoms with Crippen LogP contribution in [0.3, 0.4) is 0 Å². The van der Waals surface area contributed by atoms with Crippen LogP contribution in [0, 0.1) is 19.7 Å². The highest BCUT2D eigenvalue weighted by atomic mass is 35.5. The van der Waals surface area contributed by atoms with Crippen LogP contribution in [0.1, 0.15) is 22.3 Å².